The van der Waals surface area contributed by atoms with Crippen molar-refractivity contribution in [3.63, 3.8) is 0 Å². The van der Waals surface area contributed by atoms with Crippen LogP contribution >= 0.6 is 12.6 Å². The Morgan fingerprint density at radius 2 is 2.23 bits per heavy atom. The molecule has 0 aliphatic rings. The Bertz CT molecular complexity index is 320. The Hall–Kier alpha value is -1.09. The van der Waals surface area contributed by atoms with E-state index < -0.39 is 0 Å². The summed E-state index contributed by atoms with van der Waals surface area (Å²) in [6, 6.07) is 7.01. The molecule has 1 aromatic rings. The molecule has 13 heavy (non-hydrogen) atoms. The molecular formula is C10H10O2S. The quantitative estimate of drug-likeness (QED) is 0.452. The molecular weight excluding hydrogens is 184 g/mol. The summed E-state index contributed by atoms with van der Waals surface area (Å²) in [5.41, 5.74) is 0.620. The highest BCUT2D eigenvalue weighted by Gasteiger charge is 2.04. The Morgan fingerprint density at radius 1 is 1.46 bits per heavy atom. The number of ketones is 1. The molecule has 0 unspecified atom stereocenters. The molecule has 0 N–H and O–H groups in total. The van der Waals surface area contributed by atoms with Gasteiger partial charge in [-0.05, 0) is 12.1 Å². The van der Waals surface area contributed by atoms with Gasteiger partial charge in [0.1, 0.15) is 6.29 Å². The lowest BCUT2D eigenvalue weighted by atomic mass is 10.1. The van der Waals surface area contributed by atoms with Gasteiger partial charge >= 0.3 is 0 Å². The molecule has 0 spiro atoms. The number of hydrogen-bond donors (Lipinski definition) is 1. The van der Waals surface area contributed by atoms with Gasteiger partial charge in [-0.25, -0.2) is 0 Å². The molecule has 0 aliphatic heterocycles. The Labute approximate surface area is 82.4 Å². The molecule has 0 fully saturated rings. The minimum absolute atomic E-state index is 0.0111. The van der Waals surface area contributed by atoms with Crippen molar-refractivity contribution in [1.29, 1.82) is 0 Å². The zero-order valence-electron chi connectivity index (χ0n) is 7.06. The Morgan fingerprint density at radius 3 is 2.85 bits per heavy atom. The lowest BCUT2D eigenvalue weighted by molar-refractivity contribution is -0.107. The van der Waals surface area contributed by atoms with Crippen LogP contribution in [-0.4, -0.2) is 12.1 Å². The first-order valence-electron chi connectivity index (χ1n) is 4.00. The molecule has 0 amide bonds. The van der Waals surface area contributed by atoms with Crippen molar-refractivity contribution >= 4 is 24.7 Å². The third kappa shape index (κ3) is 3.03. The second-order valence-electron chi connectivity index (χ2n) is 2.68. The van der Waals surface area contributed by atoms with E-state index in [1.807, 2.05) is 0 Å². The summed E-state index contributed by atoms with van der Waals surface area (Å²) < 4.78 is 0. The monoisotopic (exact) mass is 194 g/mol. The van der Waals surface area contributed by atoms with E-state index in [-0.39, 0.29) is 18.6 Å². The van der Waals surface area contributed by atoms with E-state index in [0.717, 1.165) is 11.2 Å². The van der Waals surface area contributed by atoms with E-state index in [1.165, 1.54) is 0 Å². The van der Waals surface area contributed by atoms with Gasteiger partial charge in [-0.3, -0.25) is 4.79 Å². The van der Waals surface area contributed by atoms with Crippen molar-refractivity contribution in [2.45, 2.75) is 17.7 Å². The fourth-order valence-corrected chi connectivity index (χ4v) is 1.24. The summed E-state index contributed by atoms with van der Waals surface area (Å²) in [5.74, 6) is -0.0111. The maximum Gasteiger partial charge on any atom is 0.163 e. The van der Waals surface area contributed by atoms with Crippen LogP contribution in [0, 0.1) is 0 Å². The van der Waals surface area contributed by atoms with E-state index in [9.17, 15) is 9.59 Å². The number of Topliss-reactive ketones (excluding diaryl/α,β-unsaturated/α-hetero) is 1. The van der Waals surface area contributed by atoms with Gasteiger partial charge in [0.2, 0.25) is 0 Å². The van der Waals surface area contributed by atoms with Gasteiger partial charge in [-0.1, -0.05) is 12.1 Å². The SMILES string of the molecule is O=CCCC(=O)c1cccc(S)c1. The predicted molar refractivity (Wildman–Crippen MR) is 53.3 cm³/mol. The summed E-state index contributed by atoms with van der Waals surface area (Å²) in [6.07, 6.45) is 1.32. The summed E-state index contributed by atoms with van der Waals surface area (Å²) in [4.78, 5) is 22.2. The maximum absolute atomic E-state index is 11.4. The summed E-state index contributed by atoms with van der Waals surface area (Å²) in [7, 11) is 0. The molecule has 0 heterocycles. The number of benzene rings is 1. The van der Waals surface area contributed by atoms with Crippen LogP contribution in [0.1, 0.15) is 23.2 Å². The lowest BCUT2D eigenvalue weighted by Gasteiger charge is -1.98. The molecule has 2 nitrogen and oxygen atoms in total. The van der Waals surface area contributed by atoms with Gasteiger partial charge in [-0.15, -0.1) is 12.6 Å². The summed E-state index contributed by atoms with van der Waals surface area (Å²) in [6.45, 7) is 0. The van der Waals surface area contributed by atoms with E-state index in [1.54, 1.807) is 24.3 Å². The fraction of sp³-hybridized carbons (Fsp3) is 0.200. The van der Waals surface area contributed by atoms with Gasteiger partial charge in [0.25, 0.3) is 0 Å². The number of hydrogen-bond acceptors (Lipinski definition) is 3. The van der Waals surface area contributed by atoms with Crippen LogP contribution < -0.4 is 0 Å². The second-order valence-corrected chi connectivity index (χ2v) is 3.20. The average molecular weight is 194 g/mol. The lowest BCUT2D eigenvalue weighted by Crippen LogP contribution is -1.98. The summed E-state index contributed by atoms with van der Waals surface area (Å²) in [5, 5.41) is 0. The number of aldehydes is 1. The van der Waals surface area contributed by atoms with Gasteiger partial charge in [0.05, 0.1) is 0 Å². The van der Waals surface area contributed by atoms with Crippen LogP contribution in [0.2, 0.25) is 0 Å². The zero-order valence-corrected chi connectivity index (χ0v) is 7.96. The van der Waals surface area contributed by atoms with Crippen LogP contribution in [0.4, 0.5) is 0 Å². The Kier molecular flexibility index (Phi) is 3.71. The highest BCUT2D eigenvalue weighted by atomic mass is 32.1. The maximum atomic E-state index is 11.4. The van der Waals surface area contributed by atoms with Crippen molar-refractivity contribution in [2.75, 3.05) is 0 Å². The number of thiol groups is 1. The van der Waals surface area contributed by atoms with Crippen LogP contribution in [-0.2, 0) is 4.79 Å². The molecule has 1 aromatic carbocycles. The first-order valence-corrected chi connectivity index (χ1v) is 4.44. The third-order valence-corrected chi connectivity index (χ3v) is 1.94. The normalized spacial score (nSPS) is 9.62. The first kappa shape index (κ1) is 9.99. The average Bonchev–Trinajstić information content (AvgIpc) is 2.14. The molecule has 0 aliphatic carbocycles. The standard InChI is InChI=1S/C10H10O2S/c11-6-2-5-10(12)8-3-1-4-9(13)7-8/h1,3-4,6-7,13H,2,5H2. The molecule has 0 radical (unpaired) electrons. The largest absolute Gasteiger partial charge is 0.303 e. The topological polar surface area (TPSA) is 34.1 Å². The van der Waals surface area contributed by atoms with Crippen LogP contribution in [0.3, 0.4) is 0 Å². The molecule has 0 saturated heterocycles. The number of rotatable bonds is 4. The number of carbonyl (C=O) groups is 2. The van der Waals surface area contributed by atoms with Crippen LogP contribution in [0.15, 0.2) is 29.2 Å². The molecule has 3 heteroatoms. The van der Waals surface area contributed by atoms with Crippen molar-refractivity contribution < 1.29 is 9.59 Å². The van der Waals surface area contributed by atoms with Gasteiger partial charge in [0.15, 0.2) is 5.78 Å². The second kappa shape index (κ2) is 4.82. The van der Waals surface area contributed by atoms with E-state index in [2.05, 4.69) is 12.6 Å². The van der Waals surface area contributed by atoms with Crippen molar-refractivity contribution in [3.8, 4) is 0 Å². The van der Waals surface area contributed by atoms with Gasteiger partial charge in [0, 0.05) is 23.3 Å². The smallest absolute Gasteiger partial charge is 0.163 e. The van der Waals surface area contributed by atoms with Crippen LogP contribution in [0.25, 0.3) is 0 Å². The minimum atomic E-state index is -0.0111. The van der Waals surface area contributed by atoms with Crippen LogP contribution in [0.5, 0.6) is 0 Å². The third-order valence-electron chi connectivity index (χ3n) is 1.66. The van der Waals surface area contributed by atoms with E-state index in [4.69, 9.17) is 0 Å². The van der Waals surface area contributed by atoms with Crippen molar-refractivity contribution in [3.05, 3.63) is 29.8 Å². The first-order chi connectivity index (χ1) is 6.24. The predicted octanol–water partition coefficient (Wildman–Crippen LogP) is 2.14. The Balaban J connectivity index is 2.71. The minimum Gasteiger partial charge on any atom is -0.303 e. The van der Waals surface area contributed by atoms with Crippen molar-refractivity contribution in [2.24, 2.45) is 0 Å². The molecule has 1 rings (SSSR count). The highest BCUT2D eigenvalue weighted by molar-refractivity contribution is 7.80. The van der Waals surface area contributed by atoms with E-state index in [0.29, 0.717) is 5.56 Å². The molecule has 0 bridgehead atoms. The molecule has 0 saturated carbocycles. The van der Waals surface area contributed by atoms with Gasteiger partial charge in [-0.2, -0.15) is 0 Å². The number of carbonyl (C=O) groups excluding carboxylic acids is 2. The highest BCUT2D eigenvalue weighted by Crippen LogP contribution is 2.11. The molecule has 0 aromatic heterocycles. The molecule has 0 atom stereocenters. The zero-order chi connectivity index (χ0) is 9.68. The van der Waals surface area contributed by atoms with Gasteiger partial charge < -0.3 is 4.79 Å². The summed E-state index contributed by atoms with van der Waals surface area (Å²) >= 11 is 4.12. The fourth-order valence-electron chi connectivity index (χ4n) is 1.01. The van der Waals surface area contributed by atoms with E-state index >= 15 is 0 Å². The molecule has 68 valence electrons. The van der Waals surface area contributed by atoms with Crippen molar-refractivity contribution in [1.82, 2.24) is 0 Å².